The maximum Gasteiger partial charge on any atom is 0.0368 e. The summed E-state index contributed by atoms with van der Waals surface area (Å²) in [5, 5.41) is 3.58. The van der Waals surface area contributed by atoms with Gasteiger partial charge < -0.3 is 10.2 Å². The number of benzene rings is 1. The summed E-state index contributed by atoms with van der Waals surface area (Å²) >= 11 is 0. The summed E-state index contributed by atoms with van der Waals surface area (Å²) in [6, 6.07) is 10.6. The van der Waals surface area contributed by atoms with E-state index in [-0.39, 0.29) is 0 Å². The van der Waals surface area contributed by atoms with Gasteiger partial charge in [0.05, 0.1) is 0 Å². The molecule has 0 amide bonds. The molecule has 1 aliphatic rings. The Morgan fingerprint density at radius 1 is 1.20 bits per heavy atom. The third kappa shape index (κ3) is 4.52. The van der Waals surface area contributed by atoms with Crippen molar-refractivity contribution in [2.45, 2.75) is 71.5 Å². The SMILES string of the molecule is CCCCN(c1ccc(CNC2CC2)cc1)C(C)CC. The highest BCUT2D eigenvalue weighted by molar-refractivity contribution is 5.48. The summed E-state index contributed by atoms with van der Waals surface area (Å²) in [6.07, 6.45) is 6.45. The molecule has 0 spiro atoms. The second-order valence-electron chi connectivity index (χ2n) is 6.13. The molecule has 1 aromatic rings. The van der Waals surface area contributed by atoms with E-state index >= 15 is 0 Å². The molecule has 0 saturated heterocycles. The second kappa shape index (κ2) is 7.68. The molecule has 1 atom stereocenters. The van der Waals surface area contributed by atoms with E-state index in [2.05, 4.69) is 55.3 Å². The van der Waals surface area contributed by atoms with Crippen LogP contribution in [0.25, 0.3) is 0 Å². The van der Waals surface area contributed by atoms with Gasteiger partial charge in [0.25, 0.3) is 0 Å². The van der Waals surface area contributed by atoms with Crippen LogP contribution in [0.5, 0.6) is 0 Å². The Bertz CT molecular complexity index is 381. The summed E-state index contributed by atoms with van der Waals surface area (Å²) < 4.78 is 0. The van der Waals surface area contributed by atoms with Gasteiger partial charge in [0.15, 0.2) is 0 Å². The number of nitrogens with one attached hydrogen (secondary N) is 1. The normalized spacial score (nSPS) is 16.1. The number of nitrogens with zero attached hydrogens (tertiary/aromatic N) is 1. The van der Waals surface area contributed by atoms with Crippen molar-refractivity contribution in [1.29, 1.82) is 0 Å². The van der Waals surface area contributed by atoms with Crippen LogP contribution >= 0.6 is 0 Å². The van der Waals surface area contributed by atoms with Crippen molar-refractivity contribution in [2.75, 3.05) is 11.4 Å². The molecule has 1 fully saturated rings. The fourth-order valence-electron chi connectivity index (χ4n) is 2.51. The predicted molar refractivity (Wildman–Crippen MR) is 88.3 cm³/mol. The fraction of sp³-hybridized carbons (Fsp3) is 0.667. The molecule has 112 valence electrons. The maximum atomic E-state index is 3.58. The molecule has 1 unspecified atom stereocenters. The molecule has 0 bridgehead atoms. The first-order valence-corrected chi connectivity index (χ1v) is 8.33. The van der Waals surface area contributed by atoms with E-state index in [9.17, 15) is 0 Å². The first-order valence-electron chi connectivity index (χ1n) is 8.33. The van der Waals surface area contributed by atoms with Gasteiger partial charge in [-0.25, -0.2) is 0 Å². The van der Waals surface area contributed by atoms with Crippen molar-refractivity contribution >= 4 is 5.69 Å². The predicted octanol–water partition coefficient (Wildman–Crippen LogP) is 4.34. The summed E-state index contributed by atoms with van der Waals surface area (Å²) in [6.45, 7) is 9.06. The van der Waals surface area contributed by atoms with Crippen LogP contribution in [0, 0.1) is 0 Å². The Hall–Kier alpha value is -1.02. The monoisotopic (exact) mass is 274 g/mol. The molecule has 2 nitrogen and oxygen atoms in total. The number of unbranched alkanes of at least 4 members (excludes halogenated alkanes) is 1. The number of rotatable bonds is 9. The van der Waals surface area contributed by atoms with E-state index in [0.29, 0.717) is 6.04 Å². The number of anilines is 1. The van der Waals surface area contributed by atoms with Crippen molar-refractivity contribution in [1.82, 2.24) is 5.32 Å². The smallest absolute Gasteiger partial charge is 0.0368 e. The van der Waals surface area contributed by atoms with Crippen molar-refractivity contribution in [3.05, 3.63) is 29.8 Å². The van der Waals surface area contributed by atoms with Crippen molar-refractivity contribution < 1.29 is 0 Å². The topological polar surface area (TPSA) is 15.3 Å². The highest BCUT2D eigenvalue weighted by Crippen LogP contribution is 2.22. The Morgan fingerprint density at radius 2 is 1.90 bits per heavy atom. The molecule has 1 N–H and O–H groups in total. The highest BCUT2D eigenvalue weighted by Gasteiger charge is 2.20. The third-order valence-corrected chi connectivity index (χ3v) is 4.32. The van der Waals surface area contributed by atoms with Gasteiger partial charge in [0.1, 0.15) is 0 Å². The molecule has 20 heavy (non-hydrogen) atoms. The standard InChI is InChI=1S/C18H30N2/c1-4-6-13-20(15(3)5-2)18-11-7-16(8-12-18)14-19-17-9-10-17/h7-8,11-12,15,17,19H,4-6,9-10,13-14H2,1-3H3. The minimum atomic E-state index is 0.622. The van der Waals surface area contributed by atoms with Crippen molar-refractivity contribution in [2.24, 2.45) is 0 Å². The largest absolute Gasteiger partial charge is 0.369 e. The van der Waals surface area contributed by atoms with Crippen LogP contribution in [-0.4, -0.2) is 18.6 Å². The van der Waals surface area contributed by atoms with Crippen LogP contribution < -0.4 is 10.2 Å². The average molecular weight is 274 g/mol. The van der Waals surface area contributed by atoms with E-state index in [1.165, 1.54) is 49.9 Å². The third-order valence-electron chi connectivity index (χ3n) is 4.32. The molecule has 0 radical (unpaired) electrons. The van der Waals surface area contributed by atoms with E-state index < -0.39 is 0 Å². The van der Waals surface area contributed by atoms with Crippen LogP contribution in [0.2, 0.25) is 0 Å². The minimum absolute atomic E-state index is 0.622. The van der Waals surface area contributed by atoms with Crippen LogP contribution in [0.1, 0.15) is 58.4 Å². The summed E-state index contributed by atoms with van der Waals surface area (Å²) in [4.78, 5) is 2.56. The van der Waals surface area contributed by atoms with E-state index in [1.807, 2.05) is 0 Å². The molecular formula is C18H30N2. The lowest BCUT2D eigenvalue weighted by molar-refractivity contribution is 0.595. The average Bonchev–Trinajstić information content (AvgIpc) is 3.30. The Morgan fingerprint density at radius 3 is 2.45 bits per heavy atom. The Kier molecular flexibility index (Phi) is 5.90. The fourth-order valence-corrected chi connectivity index (χ4v) is 2.51. The zero-order chi connectivity index (χ0) is 14.4. The molecule has 1 saturated carbocycles. The maximum absolute atomic E-state index is 3.58. The molecular weight excluding hydrogens is 244 g/mol. The molecule has 1 aromatic carbocycles. The molecule has 0 heterocycles. The summed E-state index contributed by atoms with van der Waals surface area (Å²) in [7, 11) is 0. The van der Waals surface area contributed by atoms with Crippen molar-refractivity contribution in [3.8, 4) is 0 Å². The van der Waals surface area contributed by atoms with Gasteiger partial charge in [-0.05, 0) is 50.3 Å². The molecule has 2 rings (SSSR count). The molecule has 1 aliphatic carbocycles. The number of hydrogen-bond donors (Lipinski definition) is 1. The summed E-state index contributed by atoms with van der Waals surface area (Å²) in [5.41, 5.74) is 2.78. The quantitative estimate of drug-likeness (QED) is 0.720. The van der Waals surface area contributed by atoms with Crippen LogP contribution in [0.4, 0.5) is 5.69 Å². The first kappa shape index (κ1) is 15.4. The van der Waals surface area contributed by atoms with Crippen molar-refractivity contribution in [3.63, 3.8) is 0 Å². The zero-order valence-electron chi connectivity index (χ0n) is 13.4. The van der Waals surface area contributed by atoms with Crippen LogP contribution in [0.15, 0.2) is 24.3 Å². The lowest BCUT2D eigenvalue weighted by atomic mass is 10.1. The molecule has 0 aromatic heterocycles. The van der Waals surface area contributed by atoms with Crippen LogP contribution in [-0.2, 0) is 6.54 Å². The minimum Gasteiger partial charge on any atom is -0.369 e. The van der Waals surface area contributed by atoms with Gasteiger partial charge in [0.2, 0.25) is 0 Å². The van der Waals surface area contributed by atoms with E-state index in [1.54, 1.807) is 0 Å². The molecule has 0 aliphatic heterocycles. The van der Waals surface area contributed by atoms with Gasteiger partial charge in [-0.3, -0.25) is 0 Å². The second-order valence-corrected chi connectivity index (χ2v) is 6.13. The van der Waals surface area contributed by atoms with Gasteiger partial charge >= 0.3 is 0 Å². The Balaban J connectivity index is 1.96. The lowest BCUT2D eigenvalue weighted by Crippen LogP contribution is -2.33. The van der Waals surface area contributed by atoms with E-state index in [4.69, 9.17) is 0 Å². The van der Waals surface area contributed by atoms with Crippen LogP contribution in [0.3, 0.4) is 0 Å². The number of hydrogen-bond acceptors (Lipinski definition) is 2. The lowest BCUT2D eigenvalue weighted by Gasteiger charge is -2.31. The van der Waals surface area contributed by atoms with Gasteiger partial charge in [-0.2, -0.15) is 0 Å². The van der Waals surface area contributed by atoms with E-state index in [0.717, 1.165) is 12.6 Å². The summed E-state index contributed by atoms with van der Waals surface area (Å²) in [5.74, 6) is 0. The zero-order valence-corrected chi connectivity index (χ0v) is 13.4. The van der Waals surface area contributed by atoms with Gasteiger partial charge in [-0.1, -0.05) is 32.4 Å². The van der Waals surface area contributed by atoms with Gasteiger partial charge in [0, 0.05) is 30.9 Å². The first-order chi connectivity index (χ1) is 9.74. The van der Waals surface area contributed by atoms with Gasteiger partial charge in [-0.15, -0.1) is 0 Å². The highest BCUT2D eigenvalue weighted by atomic mass is 15.2. The Labute approximate surface area is 124 Å². The molecule has 2 heteroatoms.